The Labute approximate surface area is 126 Å². The summed E-state index contributed by atoms with van der Waals surface area (Å²) in [6.45, 7) is 0.972. The van der Waals surface area contributed by atoms with Crippen LogP contribution in [0.3, 0.4) is 0 Å². The molecule has 0 bridgehead atoms. The summed E-state index contributed by atoms with van der Waals surface area (Å²) in [5.41, 5.74) is 0. The normalized spacial score (nSPS) is 3.77. The third kappa shape index (κ3) is 1970. The smallest absolute Gasteiger partial charge is 0.652 e. The second-order valence-electron chi connectivity index (χ2n) is 0.742. The fraction of sp³-hybridized carbons (Fsp3) is 0.333. The number of hydrogen-bond acceptors (Lipinski definition) is 5. The maximum absolute atomic E-state index is 8.89. The van der Waals surface area contributed by atoms with Gasteiger partial charge in [0, 0.05) is 5.97 Å². The molecule has 6 N–H and O–H groups in total. The summed E-state index contributed by atoms with van der Waals surface area (Å²) in [5, 5.41) is 25.6. The van der Waals surface area contributed by atoms with E-state index in [1.54, 1.807) is 0 Å². The number of carboxylic acid groups (broad SMARTS) is 3. The summed E-state index contributed by atoms with van der Waals surface area (Å²) in [6.07, 6.45) is -2.33. The number of carbonyl (C=O) groups is 2. The van der Waals surface area contributed by atoms with Gasteiger partial charge in [-0.25, -0.2) is 0 Å². The molecule has 0 aliphatic carbocycles. The van der Waals surface area contributed by atoms with Crippen molar-refractivity contribution in [2.24, 2.45) is 0 Å². The number of aliphatic carboxylic acids is 1. The predicted octanol–water partition coefficient (Wildman–Crippen LogP) is -9.54. The first-order valence-electron chi connectivity index (χ1n) is 1.52. The standard InChI is InChI=1S/C2H4O2.CH2O3.Ca.Na.3H2O/c1-2(3)4;2-1(3)4;;;;;/h1H3,(H,3,4);(H2,2,3,4);;;3*1H2/q;;+2;+1;;;/p-3. The average Bonchev–Trinajstić information content (AvgIpc) is 1.25. The predicted molar refractivity (Wildman–Crippen MR) is 32.7 cm³/mol. The molecule has 0 spiro atoms. The van der Waals surface area contributed by atoms with E-state index in [1.165, 1.54) is 0 Å². The third-order valence-electron chi connectivity index (χ3n) is 0. The summed E-state index contributed by atoms with van der Waals surface area (Å²) in [7, 11) is 0. The number of carbonyl (C=O) groups excluding carboxylic acids is 2. The largest absolute Gasteiger partial charge is 2.00 e. The Bertz CT molecular complexity index is 77.4. The second-order valence-corrected chi connectivity index (χ2v) is 0.742. The molecular formula is C3H9CaNaO8. The molecule has 0 saturated heterocycles. The SMILES string of the molecule is CC(=O)[O-].O.O.O.O=C([O-])[O-].[Ca+2].[Na+]. The Balaban J connectivity index is -0.00000000800. The van der Waals surface area contributed by atoms with Crippen molar-refractivity contribution in [1.82, 2.24) is 0 Å². The molecule has 8 nitrogen and oxygen atoms in total. The molecule has 13 heavy (non-hydrogen) atoms. The van der Waals surface area contributed by atoms with Crippen LogP contribution in [0, 0.1) is 0 Å². The van der Waals surface area contributed by atoms with Crippen LogP contribution >= 0.6 is 0 Å². The van der Waals surface area contributed by atoms with E-state index in [2.05, 4.69) is 0 Å². The van der Waals surface area contributed by atoms with Gasteiger partial charge in [-0.15, -0.1) is 0 Å². The molecule has 0 saturated carbocycles. The first kappa shape index (κ1) is 48.6. The van der Waals surface area contributed by atoms with Crippen molar-refractivity contribution in [2.75, 3.05) is 0 Å². The molecule has 0 aliphatic heterocycles. The maximum Gasteiger partial charge on any atom is 2.00 e. The zero-order chi connectivity index (χ0) is 7.15. The summed E-state index contributed by atoms with van der Waals surface area (Å²) >= 11 is 0. The molecule has 0 amide bonds. The second kappa shape index (κ2) is 38.4. The number of hydrogen-bond donors (Lipinski definition) is 0. The first-order chi connectivity index (χ1) is 3.46. The molecule has 0 heterocycles. The van der Waals surface area contributed by atoms with Crippen LogP contribution in [-0.2, 0) is 4.79 Å². The molecule has 0 unspecified atom stereocenters. The third-order valence-corrected chi connectivity index (χ3v) is 0. The number of carboxylic acids is 1. The van der Waals surface area contributed by atoms with Crippen molar-refractivity contribution in [2.45, 2.75) is 6.92 Å². The molecule has 0 aromatic rings. The molecule has 0 aromatic carbocycles. The van der Waals surface area contributed by atoms with Gasteiger partial charge in [-0.2, -0.15) is 0 Å². The van der Waals surface area contributed by atoms with Gasteiger partial charge in [0.25, 0.3) is 0 Å². The summed E-state index contributed by atoms with van der Waals surface area (Å²) < 4.78 is 0. The molecule has 0 fully saturated rings. The monoisotopic (exact) mass is 236 g/mol. The molecule has 0 radical (unpaired) electrons. The van der Waals surface area contributed by atoms with E-state index < -0.39 is 12.1 Å². The van der Waals surface area contributed by atoms with Gasteiger partial charge in [0.05, 0.1) is 0 Å². The van der Waals surface area contributed by atoms with Crippen molar-refractivity contribution < 1.29 is 70.9 Å². The van der Waals surface area contributed by atoms with Crippen LogP contribution in [0.25, 0.3) is 0 Å². The zero-order valence-corrected chi connectivity index (χ0v) is 11.5. The van der Waals surface area contributed by atoms with E-state index >= 15 is 0 Å². The summed E-state index contributed by atoms with van der Waals surface area (Å²) in [6, 6.07) is 0. The van der Waals surface area contributed by atoms with Crippen LogP contribution in [0.2, 0.25) is 0 Å². The van der Waals surface area contributed by atoms with Crippen molar-refractivity contribution >= 4 is 49.9 Å². The average molecular weight is 236 g/mol. The van der Waals surface area contributed by atoms with Gasteiger partial charge in [-0.05, 0) is 13.1 Å². The van der Waals surface area contributed by atoms with E-state index in [4.69, 9.17) is 24.9 Å². The molecular weight excluding hydrogens is 227 g/mol. The Morgan fingerprint density at radius 2 is 0.923 bits per heavy atom. The number of rotatable bonds is 0. The van der Waals surface area contributed by atoms with E-state index in [1.807, 2.05) is 0 Å². The maximum atomic E-state index is 8.89. The van der Waals surface area contributed by atoms with Gasteiger partial charge in [0.15, 0.2) is 0 Å². The van der Waals surface area contributed by atoms with E-state index in [0.29, 0.717) is 0 Å². The van der Waals surface area contributed by atoms with Gasteiger partial charge >= 0.3 is 67.3 Å². The first-order valence-corrected chi connectivity index (χ1v) is 1.52. The Morgan fingerprint density at radius 3 is 0.923 bits per heavy atom. The van der Waals surface area contributed by atoms with Crippen LogP contribution in [0.4, 0.5) is 4.79 Å². The molecule has 0 atom stereocenters. The summed E-state index contributed by atoms with van der Waals surface area (Å²) in [5.74, 6) is -1.08. The fourth-order valence-corrected chi connectivity index (χ4v) is 0. The van der Waals surface area contributed by atoms with Crippen molar-refractivity contribution in [1.29, 1.82) is 0 Å². The Hall–Kier alpha value is 0.880. The molecule has 10 heteroatoms. The van der Waals surface area contributed by atoms with Gasteiger partial charge < -0.3 is 41.3 Å². The molecule has 0 rings (SSSR count). The minimum absolute atomic E-state index is 0. The van der Waals surface area contributed by atoms with Gasteiger partial charge in [0.1, 0.15) is 0 Å². The minimum atomic E-state index is -2.33. The van der Waals surface area contributed by atoms with Crippen LogP contribution in [0.1, 0.15) is 6.92 Å². The topological polar surface area (TPSA) is 198 Å². The molecule has 0 aromatic heterocycles. The Morgan fingerprint density at radius 1 is 0.923 bits per heavy atom. The van der Waals surface area contributed by atoms with Gasteiger partial charge in [-0.3, -0.25) is 0 Å². The van der Waals surface area contributed by atoms with Crippen molar-refractivity contribution in [3.63, 3.8) is 0 Å². The summed E-state index contributed by atoms with van der Waals surface area (Å²) in [4.78, 5) is 17.2. The minimum Gasteiger partial charge on any atom is -0.652 e. The van der Waals surface area contributed by atoms with Crippen LogP contribution in [0.5, 0.6) is 0 Å². The Kier molecular flexibility index (Phi) is 144. The van der Waals surface area contributed by atoms with E-state index in [9.17, 15) is 0 Å². The zero-order valence-electron chi connectivity index (χ0n) is 7.25. The van der Waals surface area contributed by atoms with Gasteiger partial charge in [0.2, 0.25) is 0 Å². The van der Waals surface area contributed by atoms with E-state index in [-0.39, 0.29) is 83.7 Å². The van der Waals surface area contributed by atoms with E-state index in [0.717, 1.165) is 6.92 Å². The molecule has 0 aliphatic rings. The van der Waals surface area contributed by atoms with Crippen LogP contribution in [-0.4, -0.2) is 66.3 Å². The molecule has 72 valence electrons. The van der Waals surface area contributed by atoms with Crippen LogP contribution in [0.15, 0.2) is 0 Å². The van der Waals surface area contributed by atoms with Crippen molar-refractivity contribution in [3.8, 4) is 0 Å². The van der Waals surface area contributed by atoms with Crippen molar-refractivity contribution in [3.05, 3.63) is 0 Å². The quantitative estimate of drug-likeness (QED) is 0.375. The fourth-order valence-electron chi connectivity index (χ4n) is 0. The van der Waals surface area contributed by atoms with Gasteiger partial charge in [-0.1, -0.05) is 0 Å². The van der Waals surface area contributed by atoms with Crippen LogP contribution < -0.4 is 44.9 Å².